The van der Waals surface area contributed by atoms with Crippen molar-refractivity contribution in [2.24, 2.45) is 10.9 Å². The summed E-state index contributed by atoms with van der Waals surface area (Å²) in [5.74, 6) is 0.502. The van der Waals surface area contributed by atoms with Crippen LogP contribution in [0.25, 0.3) is 0 Å². The molecule has 0 spiro atoms. The normalized spacial score (nSPS) is 15.1. The van der Waals surface area contributed by atoms with Crippen molar-refractivity contribution in [3.63, 3.8) is 0 Å². The van der Waals surface area contributed by atoms with Crippen LogP contribution in [0.15, 0.2) is 48.0 Å². The average molecular weight is 231 g/mol. The zero-order chi connectivity index (χ0) is 12.7. The summed E-state index contributed by atoms with van der Waals surface area (Å²) in [4.78, 5) is 4.46. The summed E-state index contributed by atoms with van der Waals surface area (Å²) >= 11 is 0. The van der Waals surface area contributed by atoms with Crippen LogP contribution in [0.3, 0.4) is 0 Å². The zero-order valence-corrected chi connectivity index (χ0v) is 10.6. The van der Waals surface area contributed by atoms with Gasteiger partial charge >= 0.3 is 0 Å². The second-order valence-electron chi connectivity index (χ2n) is 4.61. The number of aliphatic hydroxyl groups excluding tert-OH is 1. The Bertz CT molecular complexity index is 356. The number of hydrogen-bond donors (Lipinski definition) is 1. The summed E-state index contributed by atoms with van der Waals surface area (Å²) in [6, 6.07) is 9.81. The van der Waals surface area contributed by atoms with Crippen molar-refractivity contribution in [2.45, 2.75) is 32.4 Å². The summed E-state index contributed by atoms with van der Waals surface area (Å²) < 4.78 is 0. The maximum Gasteiger partial charge on any atom is 0.0941 e. The summed E-state index contributed by atoms with van der Waals surface area (Å²) in [6.45, 7) is 7.87. The molecule has 0 fully saturated rings. The van der Waals surface area contributed by atoms with Gasteiger partial charge in [0.15, 0.2) is 0 Å². The SMILES string of the molecule is C=CC(O)[C@H](CC(C)C)N=Cc1ccccc1. The second-order valence-corrected chi connectivity index (χ2v) is 4.61. The topological polar surface area (TPSA) is 32.6 Å². The van der Waals surface area contributed by atoms with E-state index in [2.05, 4.69) is 25.4 Å². The molecular formula is C15H21NO. The molecule has 1 aromatic carbocycles. The minimum absolute atomic E-state index is 0.104. The van der Waals surface area contributed by atoms with Gasteiger partial charge in [-0.1, -0.05) is 50.3 Å². The lowest BCUT2D eigenvalue weighted by atomic mass is 9.99. The Kier molecular flexibility index (Phi) is 5.64. The molecule has 2 atom stereocenters. The van der Waals surface area contributed by atoms with Crippen LogP contribution in [0.2, 0.25) is 0 Å². The van der Waals surface area contributed by atoms with Gasteiger partial charge in [0.05, 0.1) is 12.1 Å². The minimum Gasteiger partial charge on any atom is -0.387 e. The molecule has 0 aromatic heterocycles. The molecule has 0 saturated heterocycles. The Hall–Kier alpha value is -1.41. The number of aliphatic hydroxyl groups is 1. The highest BCUT2D eigenvalue weighted by Crippen LogP contribution is 2.13. The van der Waals surface area contributed by atoms with Crippen molar-refractivity contribution in [3.05, 3.63) is 48.6 Å². The van der Waals surface area contributed by atoms with Crippen molar-refractivity contribution >= 4 is 6.21 Å². The molecule has 0 radical (unpaired) electrons. The van der Waals surface area contributed by atoms with Gasteiger partial charge in [0.2, 0.25) is 0 Å². The van der Waals surface area contributed by atoms with E-state index in [1.807, 2.05) is 36.5 Å². The molecule has 0 aliphatic rings. The summed E-state index contributed by atoms with van der Waals surface area (Å²) in [5.41, 5.74) is 1.05. The third kappa shape index (κ3) is 4.96. The van der Waals surface area contributed by atoms with Crippen LogP contribution in [-0.4, -0.2) is 23.5 Å². The van der Waals surface area contributed by atoms with Gasteiger partial charge in [-0.15, -0.1) is 6.58 Å². The fraction of sp³-hybridized carbons (Fsp3) is 0.400. The highest BCUT2D eigenvalue weighted by molar-refractivity contribution is 5.79. The Balaban J connectivity index is 2.72. The average Bonchev–Trinajstić information content (AvgIpc) is 2.34. The maximum atomic E-state index is 9.81. The lowest BCUT2D eigenvalue weighted by molar-refractivity contribution is 0.180. The van der Waals surface area contributed by atoms with Gasteiger partial charge < -0.3 is 5.11 Å². The number of hydrogen-bond acceptors (Lipinski definition) is 2. The van der Waals surface area contributed by atoms with E-state index in [4.69, 9.17) is 0 Å². The predicted molar refractivity (Wildman–Crippen MR) is 73.5 cm³/mol. The smallest absolute Gasteiger partial charge is 0.0941 e. The second kappa shape index (κ2) is 7.02. The minimum atomic E-state index is -0.572. The highest BCUT2D eigenvalue weighted by Gasteiger charge is 2.15. The summed E-state index contributed by atoms with van der Waals surface area (Å²) in [6.07, 6.45) is 3.66. The highest BCUT2D eigenvalue weighted by atomic mass is 16.3. The first-order chi connectivity index (χ1) is 8.13. The molecule has 92 valence electrons. The third-order valence-corrected chi connectivity index (χ3v) is 2.56. The monoisotopic (exact) mass is 231 g/mol. The van der Waals surface area contributed by atoms with Gasteiger partial charge in [-0.25, -0.2) is 0 Å². The molecule has 17 heavy (non-hydrogen) atoms. The van der Waals surface area contributed by atoms with Crippen molar-refractivity contribution in [3.8, 4) is 0 Å². The largest absolute Gasteiger partial charge is 0.387 e. The van der Waals surface area contributed by atoms with Gasteiger partial charge in [-0.3, -0.25) is 4.99 Å². The maximum absolute atomic E-state index is 9.81. The fourth-order valence-corrected chi connectivity index (χ4v) is 1.65. The molecule has 2 heteroatoms. The van der Waals surface area contributed by atoms with Gasteiger partial charge in [0.1, 0.15) is 0 Å². The molecule has 1 unspecified atom stereocenters. The van der Waals surface area contributed by atoms with E-state index in [9.17, 15) is 5.11 Å². The first-order valence-electron chi connectivity index (χ1n) is 6.02. The Morgan fingerprint density at radius 3 is 2.47 bits per heavy atom. The number of nitrogens with zero attached hydrogens (tertiary/aromatic N) is 1. The van der Waals surface area contributed by atoms with E-state index < -0.39 is 6.10 Å². The van der Waals surface area contributed by atoms with Crippen LogP contribution in [0, 0.1) is 5.92 Å². The molecule has 0 saturated carbocycles. The lowest BCUT2D eigenvalue weighted by Crippen LogP contribution is -2.24. The zero-order valence-electron chi connectivity index (χ0n) is 10.6. The molecular weight excluding hydrogens is 210 g/mol. The van der Waals surface area contributed by atoms with Crippen LogP contribution >= 0.6 is 0 Å². The molecule has 1 N–H and O–H groups in total. The van der Waals surface area contributed by atoms with E-state index >= 15 is 0 Å². The molecule has 0 aliphatic carbocycles. The van der Waals surface area contributed by atoms with Crippen LogP contribution in [0.5, 0.6) is 0 Å². The molecule has 0 aliphatic heterocycles. The quantitative estimate of drug-likeness (QED) is 0.592. The van der Waals surface area contributed by atoms with E-state index in [1.165, 1.54) is 0 Å². The van der Waals surface area contributed by atoms with Crippen LogP contribution in [0.4, 0.5) is 0 Å². The Labute approximate surface area is 104 Å². The van der Waals surface area contributed by atoms with Gasteiger partial charge in [0.25, 0.3) is 0 Å². The van der Waals surface area contributed by atoms with Crippen LogP contribution in [-0.2, 0) is 0 Å². The van der Waals surface area contributed by atoms with Crippen molar-refractivity contribution < 1.29 is 5.11 Å². The lowest BCUT2D eigenvalue weighted by Gasteiger charge is -2.18. The Morgan fingerprint density at radius 1 is 1.29 bits per heavy atom. The van der Waals surface area contributed by atoms with Gasteiger partial charge in [0, 0.05) is 6.21 Å². The van der Waals surface area contributed by atoms with Crippen molar-refractivity contribution in [1.82, 2.24) is 0 Å². The van der Waals surface area contributed by atoms with E-state index in [0.717, 1.165) is 12.0 Å². The molecule has 1 aromatic rings. The number of aliphatic imine (C=N–C) groups is 1. The third-order valence-electron chi connectivity index (χ3n) is 2.56. The molecule has 0 bridgehead atoms. The van der Waals surface area contributed by atoms with E-state index in [-0.39, 0.29) is 6.04 Å². The van der Waals surface area contributed by atoms with Crippen LogP contribution < -0.4 is 0 Å². The number of rotatable bonds is 6. The molecule has 1 rings (SSSR count). The van der Waals surface area contributed by atoms with Gasteiger partial charge in [-0.05, 0) is 17.9 Å². The van der Waals surface area contributed by atoms with E-state index in [0.29, 0.717) is 5.92 Å². The van der Waals surface area contributed by atoms with Crippen molar-refractivity contribution in [2.75, 3.05) is 0 Å². The molecule has 0 amide bonds. The Morgan fingerprint density at radius 2 is 1.94 bits per heavy atom. The first-order valence-corrected chi connectivity index (χ1v) is 6.02. The predicted octanol–water partition coefficient (Wildman–Crippen LogP) is 3.07. The summed E-state index contributed by atoms with van der Waals surface area (Å²) in [7, 11) is 0. The molecule has 0 heterocycles. The van der Waals surface area contributed by atoms with Crippen molar-refractivity contribution in [1.29, 1.82) is 0 Å². The molecule has 2 nitrogen and oxygen atoms in total. The van der Waals surface area contributed by atoms with Crippen LogP contribution in [0.1, 0.15) is 25.8 Å². The van der Waals surface area contributed by atoms with Gasteiger partial charge in [-0.2, -0.15) is 0 Å². The summed E-state index contributed by atoms with van der Waals surface area (Å²) in [5, 5.41) is 9.81. The van der Waals surface area contributed by atoms with E-state index in [1.54, 1.807) is 6.08 Å². The fourth-order valence-electron chi connectivity index (χ4n) is 1.65. The number of benzene rings is 1. The standard InChI is InChI=1S/C15H21NO/c1-4-15(17)14(10-12(2)3)16-11-13-8-6-5-7-9-13/h4-9,11-12,14-15,17H,1,10H2,2-3H3/t14-,15?/m0/s1. The first kappa shape index (κ1) is 13.7.